The first-order valence-corrected chi connectivity index (χ1v) is 9.69. The number of benzene rings is 1. The Morgan fingerprint density at radius 3 is 2.72 bits per heavy atom. The van der Waals surface area contributed by atoms with E-state index in [0.717, 1.165) is 5.56 Å². The Labute approximate surface area is 170 Å². The summed E-state index contributed by atoms with van der Waals surface area (Å²) in [5, 5.41) is 32.5. The lowest BCUT2D eigenvalue weighted by Crippen LogP contribution is -2.07. The Balaban J connectivity index is 1.44. The molecule has 3 aromatic heterocycles. The molecule has 0 radical (unpaired) electrons. The van der Waals surface area contributed by atoms with Crippen LogP contribution in [0.2, 0.25) is 0 Å². The van der Waals surface area contributed by atoms with Crippen molar-refractivity contribution in [3.8, 4) is 0 Å². The maximum atomic E-state index is 11.0. The lowest BCUT2D eigenvalue weighted by molar-refractivity contribution is -0.385. The molecule has 0 aliphatic rings. The van der Waals surface area contributed by atoms with Gasteiger partial charge in [0, 0.05) is 12.3 Å². The summed E-state index contributed by atoms with van der Waals surface area (Å²) in [5.41, 5.74) is 1.52. The highest BCUT2D eigenvalue weighted by Gasteiger charge is 2.21. The molecule has 4 aromatic rings. The van der Waals surface area contributed by atoms with Crippen LogP contribution < -0.4 is 5.32 Å². The van der Waals surface area contributed by atoms with Crippen LogP contribution in [0.1, 0.15) is 29.2 Å². The molecule has 148 valence electrons. The molecule has 1 N–H and O–H groups in total. The summed E-state index contributed by atoms with van der Waals surface area (Å²) < 4.78 is 3.38. The highest BCUT2D eigenvalue weighted by Crippen LogP contribution is 2.28. The smallest absolute Gasteiger partial charge is 0.309 e. The predicted molar refractivity (Wildman–Crippen MR) is 108 cm³/mol. The zero-order valence-corrected chi connectivity index (χ0v) is 16.6. The molecule has 10 nitrogen and oxygen atoms in total. The fraction of sp³-hybridized carbons (Fsp3) is 0.222. The van der Waals surface area contributed by atoms with Crippen LogP contribution in [0.25, 0.3) is 0 Å². The Morgan fingerprint density at radius 1 is 1.21 bits per heavy atom. The second kappa shape index (κ2) is 7.80. The number of anilines is 2. The van der Waals surface area contributed by atoms with Crippen LogP contribution >= 0.6 is 11.3 Å². The minimum absolute atomic E-state index is 0.0105. The zero-order valence-electron chi connectivity index (χ0n) is 15.8. The summed E-state index contributed by atoms with van der Waals surface area (Å²) in [5.74, 6) is 0.668. The fourth-order valence-corrected chi connectivity index (χ4v) is 3.61. The van der Waals surface area contributed by atoms with Gasteiger partial charge in [0.05, 0.1) is 11.5 Å². The van der Waals surface area contributed by atoms with E-state index in [4.69, 9.17) is 0 Å². The summed E-state index contributed by atoms with van der Waals surface area (Å²) in [6, 6.07) is 11.7. The van der Waals surface area contributed by atoms with E-state index in [0.29, 0.717) is 28.2 Å². The normalized spacial score (nSPS) is 12.1. The number of aryl methyl sites for hydroxylation is 1. The molecule has 3 heterocycles. The van der Waals surface area contributed by atoms with E-state index in [1.165, 1.54) is 22.2 Å². The first-order valence-electron chi connectivity index (χ1n) is 8.87. The highest BCUT2D eigenvalue weighted by atomic mass is 32.1. The third-order valence-electron chi connectivity index (χ3n) is 4.35. The van der Waals surface area contributed by atoms with E-state index >= 15 is 0 Å². The first kappa shape index (κ1) is 18.7. The molecule has 1 aromatic carbocycles. The molecule has 0 aliphatic carbocycles. The molecule has 4 rings (SSSR count). The number of nitrogens with zero attached hydrogens (tertiary/aromatic N) is 7. The van der Waals surface area contributed by atoms with E-state index in [1.54, 1.807) is 6.92 Å². The van der Waals surface area contributed by atoms with Gasteiger partial charge in [-0.2, -0.15) is 10.2 Å². The maximum absolute atomic E-state index is 11.0. The van der Waals surface area contributed by atoms with E-state index in [1.807, 2.05) is 42.1 Å². The molecule has 0 amide bonds. The molecule has 0 spiro atoms. The van der Waals surface area contributed by atoms with E-state index in [-0.39, 0.29) is 11.7 Å². The van der Waals surface area contributed by atoms with Gasteiger partial charge in [0.1, 0.15) is 22.9 Å². The second-order valence-corrected chi connectivity index (χ2v) is 7.48. The Morgan fingerprint density at radius 2 is 2.00 bits per heavy atom. The quantitative estimate of drug-likeness (QED) is 0.366. The molecular formula is C18H18N8O2S. The Hall–Kier alpha value is -3.60. The summed E-state index contributed by atoms with van der Waals surface area (Å²) in [6.07, 6.45) is 3.31. The third-order valence-corrected chi connectivity index (χ3v) is 5.35. The molecule has 1 unspecified atom stereocenters. The van der Waals surface area contributed by atoms with Crippen LogP contribution in [0.3, 0.4) is 0 Å². The van der Waals surface area contributed by atoms with Gasteiger partial charge in [0.2, 0.25) is 5.13 Å². The average molecular weight is 410 g/mol. The largest absolute Gasteiger partial charge is 0.313 e. The number of aromatic nitrogens is 6. The predicted octanol–water partition coefficient (Wildman–Crippen LogP) is 3.55. The summed E-state index contributed by atoms with van der Waals surface area (Å²) in [7, 11) is 0. The van der Waals surface area contributed by atoms with Crippen LogP contribution in [0.5, 0.6) is 0 Å². The van der Waals surface area contributed by atoms with Crippen molar-refractivity contribution < 1.29 is 4.92 Å². The topological polar surface area (TPSA) is 117 Å². The van der Waals surface area contributed by atoms with Gasteiger partial charge in [-0.25, -0.2) is 0 Å². The second-order valence-electron chi connectivity index (χ2n) is 6.47. The van der Waals surface area contributed by atoms with Crippen molar-refractivity contribution >= 4 is 28.0 Å². The monoisotopic (exact) mass is 410 g/mol. The van der Waals surface area contributed by atoms with Crippen molar-refractivity contribution in [1.82, 2.24) is 29.8 Å². The van der Waals surface area contributed by atoms with Gasteiger partial charge in [0.25, 0.3) is 0 Å². The summed E-state index contributed by atoms with van der Waals surface area (Å²) in [6.45, 7) is 4.16. The molecule has 1 atom stereocenters. The van der Waals surface area contributed by atoms with Gasteiger partial charge in [-0.3, -0.25) is 19.5 Å². The molecule has 0 fully saturated rings. The van der Waals surface area contributed by atoms with Crippen LogP contribution in [0.15, 0.2) is 48.8 Å². The van der Waals surface area contributed by atoms with Gasteiger partial charge in [-0.1, -0.05) is 41.7 Å². The van der Waals surface area contributed by atoms with Gasteiger partial charge in [0.15, 0.2) is 5.82 Å². The Kier molecular flexibility index (Phi) is 5.04. The number of rotatable bonds is 7. The highest BCUT2D eigenvalue weighted by molar-refractivity contribution is 7.15. The molecule has 29 heavy (non-hydrogen) atoms. The van der Waals surface area contributed by atoms with Crippen molar-refractivity contribution in [1.29, 1.82) is 0 Å². The minimum Gasteiger partial charge on any atom is -0.313 e. The molecule has 0 bridgehead atoms. The van der Waals surface area contributed by atoms with Crippen molar-refractivity contribution in [2.24, 2.45) is 0 Å². The van der Waals surface area contributed by atoms with E-state index in [2.05, 4.69) is 37.8 Å². The number of hydrogen-bond donors (Lipinski definition) is 1. The SMILES string of the molecule is Cc1nn(C(C)c2nnc(Nc3ccn(Cc4ccccc4)n3)s2)cc1[N+](=O)[O-]. The van der Waals surface area contributed by atoms with Gasteiger partial charge < -0.3 is 5.32 Å². The van der Waals surface area contributed by atoms with Gasteiger partial charge in [-0.15, -0.1) is 10.2 Å². The van der Waals surface area contributed by atoms with Gasteiger partial charge >= 0.3 is 5.69 Å². The number of nitro groups is 1. The standard InChI is InChI=1S/C18H18N8O2S/c1-12-15(26(27)28)11-25(22-12)13(2)17-20-21-18(29-17)19-16-8-9-24(23-16)10-14-6-4-3-5-7-14/h3-9,11,13H,10H2,1-2H3,(H,19,21,23). The average Bonchev–Trinajstić information content (AvgIpc) is 3.43. The third kappa shape index (κ3) is 4.14. The molecule has 0 saturated carbocycles. The van der Waals surface area contributed by atoms with Crippen molar-refractivity contribution in [3.05, 3.63) is 75.2 Å². The zero-order chi connectivity index (χ0) is 20.4. The number of nitrogens with one attached hydrogen (secondary N) is 1. The Bertz CT molecular complexity index is 1130. The van der Waals surface area contributed by atoms with Crippen molar-refractivity contribution in [3.63, 3.8) is 0 Å². The summed E-state index contributed by atoms with van der Waals surface area (Å²) >= 11 is 1.35. The molecule has 0 saturated heterocycles. The molecule has 0 aliphatic heterocycles. The lowest BCUT2D eigenvalue weighted by atomic mass is 10.2. The van der Waals surface area contributed by atoms with Crippen LogP contribution in [-0.2, 0) is 6.54 Å². The van der Waals surface area contributed by atoms with Crippen molar-refractivity contribution in [2.75, 3.05) is 5.32 Å². The van der Waals surface area contributed by atoms with Crippen LogP contribution in [0, 0.1) is 17.0 Å². The minimum atomic E-state index is -0.440. The van der Waals surface area contributed by atoms with Crippen LogP contribution in [0.4, 0.5) is 16.6 Å². The molecule has 11 heteroatoms. The fourth-order valence-electron chi connectivity index (χ4n) is 2.81. The molecular weight excluding hydrogens is 392 g/mol. The summed E-state index contributed by atoms with van der Waals surface area (Å²) in [4.78, 5) is 10.6. The number of hydrogen-bond acceptors (Lipinski definition) is 8. The van der Waals surface area contributed by atoms with E-state index in [9.17, 15) is 10.1 Å². The van der Waals surface area contributed by atoms with Crippen molar-refractivity contribution in [2.45, 2.75) is 26.4 Å². The van der Waals surface area contributed by atoms with E-state index < -0.39 is 4.92 Å². The lowest BCUT2D eigenvalue weighted by Gasteiger charge is -2.06. The maximum Gasteiger partial charge on any atom is 0.309 e. The first-order chi connectivity index (χ1) is 14.0. The van der Waals surface area contributed by atoms with Crippen LogP contribution in [-0.4, -0.2) is 34.7 Å². The van der Waals surface area contributed by atoms with Gasteiger partial charge in [-0.05, 0) is 19.4 Å².